The molecule has 130 valence electrons. The van der Waals surface area contributed by atoms with Crippen molar-refractivity contribution < 1.29 is 9.84 Å². The normalized spacial score (nSPS) is 13.8. The zero-order chi connectivity index (χ0) is 17.6. The molecule has 0 aliphatic heterocycles. The van der Waals surface area contributed by atoms with Gasteiger partial charge in [0, 0.05) is 30.4 Å². The molecule has 0 bridgehead atoms. The first kappa shape index (κ1) is 17.4. The fraction of sp³-hybridized carbons (Fsp3) is 0.286. The number of likely N-dealkylation sites (N-methyl/N-ethyl adjacent to an activating group) is 1. The van der Waals surface area contributed by atoms with Gasteiger partial charge in [0.05, 0.1) is 0 Å². The largest absolute Gasteiger partial charge is 0.490 e. The van der Waals surface area contributed by atoms with Crippen LogP contribution in [0.2, 0.25) is 0 Å². The van der Waals surface area contributed by atoms with E-state index in [-0.39, 0.29) is 12.6 Å². The van der Waals surface area contributed by atoms with Crippen LogP contribution >= 0.6 is 0 Å². The summed E-state index contributed by atoms with van der Waals surface area (Å²) in [5.41, 5.74) is 1.13. The molecule has 1 heterocycles. The lowest BCUT2D eigenvalue weighted by atomic mass is 10.1. The first-order valence-corrected chi connectivity index (χ1v) is 8.54. The van der Waals surface area contributed by atoms with Crippen molar-refractivity contribution in [2.75, 3.05) is 20.2 Å². The van der Waals surface area contributed by atoms with Gasteiger partial charge in [0.25, 0.3) is 0 Å². The van der Waals surface area contributed by atoms with E-state index in [0.29, 0.717) is 6.54 Å². The average molecular weight is 336 g/mol. The summed E-state index contributed by atoms with van der Waals surface area (Å²) in [6, 6.07) is 18.2. The van der Waals surface area contributed by atoms with Crippen molar-refractivity contribution in [2.45, 2.75) is 19.1 Å². The van der Waals surface area contributed by atoms with Gasteiger partial charge in [-0.25, -0.2) is 0 Å². The number of aromatic nitrogens is 1. The lowest BCUT2D eigenvalue weighted by Crippen LogP contribution is -2.34. The third kappa shape index (κ3) is 4.35. The number of pyridine rings is 1. The second kappa shape index (κ2) is 8.10. The predicted molar refractivity (Wildman–Crippen MR) is 101 cm³/mol. The molecule has 0 saturated heterocycles. The Balaban J connectivity index is 1.58. The van der Waals surface area contributed by atoms with E-state index in [1.165, 1.54) is 0 Å². The summed E-state index contributed by atoms with van der Waals surface area (Å²) in [6.07, 6.45) is 3.06. The van der Waals surface area contributed by atoms with Crippen LogP contribution in [0.3, 0.4) is 0 Å². The van der Waals surface area contributed by atoms with Crippen LogP contribution in [-0.2, 0) is 0 Å². The molecule has 25 heavy (non-hydrogen) atoms. The molecule has 0 saturated carbocycles. The summed E-state index contributed by atoms with van der Waals surface area (Å²) < 4.78 is 5.88. The number of hydrogen-bond donors (Lipinski definition) is 1. The monoisotopic (exact) mass is 336 g/mol. The third-order valence-electron chi connectivity index (χ3n) is 4.51. The second-order valence-electron chi connectivity index (χ2n) is 6.34. The summed E-state index contributed by atoms with van der Waals surface area (Å²) in [4.78, 5) is 6.26. The summed E-state index contributed by atoms with van der Waals surface area (Å²) in [5, 5.41) is 12.6. The van der Waals surface area contributed by atoms with Gasteiger partial charge >= 0.3 is 0 Å². The zero-order valence-corrected chi connectivity index (χ0v) is 14.7. The minimum atomic E-state index is -0.567. The molecule has 0 radical (unpaired) electrons. The van der Waals surface area contributed by atoms with Crippen LogP contribution in [-0.4, -0.2) is 41.3 Å². The molecule has 2 atom stereocenters. The fourth-order valence-electron chi connectivity index (χ4n) is 2.93. The minimum Gasteiger partial charge on any atom is -0.490 e. The topological polar surface area (TPSA) is 45.6 Å². The van der Waals surface area contributed by atoms with E-state index in [0.717, 1.165) is 22.1 Å². The Morgan fingerprint density at radius 3 is 2.68 bits per heavy atom. The van der Waals surface area contributed by atoms with E-state index >= 15 is 0 Å². The van der Waals surface area contributed by atoms with Crippen LogP contribution < -0.4 is 4.74 Å². The number of aliphatic hydroxyl groups is 1. The highest BCUT2D eigenvalue weighted by Gasteiger charge is 2.16. The van der Waals surface area contributed by atoms with Gasteiger partial charge in [-0.15, -0.1) is 0 Å². The van der Waals surface area contributed by atoms with Crippen LogP contribution in [0.1, 0.15) is 18.5 Å². The summed E-state index contributed by atoms with van der Waals surface area (Å²) in [6.45, 7) is 2.90. The Morgan fingerprint density at radius 2 is 1.88 bits per heavy atom. The number of rotatable bonds is 7. The molecule has 2 unspecified atom stereocenters. The fourth-order valence-corrected chi connectivity index (χ4v) is 2.93. The number of benzene rings is 2. The van der Waals surface area contributed by atoms with Crippen LogP contribution in [0.25, 0.3) is 10.8 Å². The summed E-state index contributed by atoms with van der Waals surface area (Å²) in [7, 11) is 2.00. The summed E-state index contributed by atoms with van der Waals surface area (Å²) in [5.74, 6) is 0.806. The number of ether oxygens (including phenoxy) is 1. The molecule has 0 aliphatic rings. The Morgan fingerprint density at radius 1 is 1.08 bits per heavy atom. The van der Waals surface area contributed by atoms with Crippen molar-refractivity contribution in [2.24, 2.45) is 0 Å². The second-order valence-corrected chi connectivity index (χ2v) is 6.34. The molecule has 3 rings (SSSR count). The van der Waals surface area contributed by atoms with E-state index in [4.69, 9.17) is 4.74 Å². The first-order chi connectivity index (χ1) is 12.1. The van der Waals surface area contributed by atoms with Gasteiger partial charge in [-0.3, -0.25) is 9.88 Å². The Hall–Kier alpha value is -2.43. The SMILES string of the molecule is CC(c1cccnc1)N(C)CC(O)COc1cccc2ccccc12. The number of hydrogen-bond acceptors (Lipinski definition) is 4. The van der Waals surface area contributed by atoms with Gasteiger partial charge < -0.3 is 9.84 Å². The smallest absolute Gasteiger partial charge is 0.127 e. The van der Waals surface area contributed by atoms with E-state index in [1.54, 1.807) is 6.20 Å². The highest BCUT2D eigenvalue weighted by Crippen LogP contribution is 2.25. The molecule has 0 fully saturated rings. The van der Waals surface area contributed by atoms with Gasteiger partial charge in [0.2, 0.25) is 0 Å². The van der Waals surface area contributed by atoms with Crippen LogP contribution in [0.5, 0.6) is 5.75 Å². The molecule has 0 aliphatic carbocycles. The van der Waals surface area contributed by atoms with Crippen molar-refractivity contribution in [1.29, 1.82) is 0 Å². The van der Waals surface area contributed by atoms with Crippen LogP contribution in [0.15, 0.2) is 67.0 Å². The molecule has 0 amide bonds. The molecule has 4 nitrogen and oxygen atoms in total. The Labute approximate surface area is 148 Å². The van der Waals surface area contributed by atoms with Crippen molar-refractivity contribution in [3.63, 3.8) is 0 Å². The number of fused-ring (bicyclic) bond motifs is 1. The quantitative estimate of drug-likeness (QED) is 0.715. The standard InChI is InChI=1S/C21H24N2O2/c1-16(18-9-6-12-22-13-18)23(2)14-19(24)15-25-21-11-5-8-17-7-3-4-10-20(17)21/h3-13,16,19,24H,14-15H2,1-2H3. The van der Waals surface area contributed by atoms with E-state index < -0.39 is 6.10 Å². The molecule has 1 N–H and O–H groups in total. The molecule has 0 spiro atoms. The molecule has 4 heteroatoms. The van der Waals surface area contributed by atoms with Gasteiger partial charge in [-0.2, -0.15) is 0 Å². The third-order valence-corrected chi connectivity index (χ3v) is 4.51. The minimum absolute atomic E-state index is 0.181. The molecular formula is C21H24N2O2. The predicted octanol–water partition coefficient (Wildman–Crippen LogP) is 3.67. The highest BCUT2D eigenvalue weighted by atomic mass is 16.5. The average Bonchev–Trinajstić information content (AvgIpc) is 2.66. The zero-order valence-electron chi connectivity index (χ0n) is 14.7. The van der Waals surface area contributed by atoms with Crippen molar-refractivity contribution in [3.05, 3.63) is 72.6 Å². The Bertz CT molecular complexity index is 802. The van der Waals surface area contributed by atoms with E-state index in [1.807, 2.05) is 55.7 Å². The van der Waals surface area contributed by atoms with Gasteiger partial charge in [0.1, 0.15) is 18.5 Å². The highest BCUT2D eigenvalue weighted by molar-refractivity contribution is 5.88. The lowest BCUT2D eigenvalue weighted by Gasteiger charge is -2.27. The molecular weight excluding hydrogens is 312 g/mol. The maximum atomic E-state index is 10.4. The summed E-state index contributed by atoms with van der Waals surface area (Å²) >= 11 is 0. The Kier molecular flexibility index (Phi) is 5.64. The molecule has 1 aromatic heterocycles. The van der Waals surface area contributed by atoms with E-state index in [2.05, 4.69) is 28.9 Å². The van der Waals surface area contributed by atoms with Crippen LogP contribution in [0, 0.1) is 0 Å². The maximum absolute atomic E-state index is 10.4. The number of aliphatic hydroxyl groups excluding tert-OH is 1. The lowest BCUT2D eigenvalue weighted by molar-refractivity contribution is 0.0658. The maximum Gasteiger partial charge on any atom is 0.127 e. The first-order valence-electron chi connectivity index (χ1n) is 8.54. The number of nitrogens with zero attached hydrogens (tertiary/aromatic N) is 2. The molecule has 3 aromatic rings. The van der Waals surface area contributed by atoms with Gasteiger partial charge in [-0.1, -0.05) is 42.5 Å². The van der Waals surface area contributed by atoms with Gasteiger partial charge in [-0.05, 0) is 37.1 Å². The van der Waals surface area contributed by atoms with E-state index in [9.17, 15) is 5.11 Å². The van der Waals surface area contributed by atoms with Crippen LogP contribution in [0.4, 0.5) is 0 Å². The van der Waals surface area contributed by atoms with Crippen molar-refractivity contribution in [3.8, 4) is 5.75 Å². The van der Waals surface area contributed by atoms with Crippen molar-refractivity contribution in [1.82, 2.24) is 9.88 Å². The van der Waals surface area contributed by atoms with Crippen molar-refractivity contribution >= 4 is 10.8 Å². The van der Waals surface area contributed by atoms with Gasteiger partial charge in [0.15, 0.2) is 0 Å². The molecule has 2 aromatic carbocycles.